The fourth-order valence-corrected chi connectivity index (χ4v) is 1.67. The molecule has 0 saturated heterocycles. The summed E-state index contributed by atoms with van der Waals surface area (Å²) in [5.74, 6) is -0.986. The van der Waals surface area contributed by atoms with Crippen molar-refractivity contribution in [1.82, 2.24) is 4.98 Å². The number of pyridine rings is 1. The molecule has 0 aliphatic rings. The Labute approximate surface area is 107 Å². The van der Waals surface area contributed by atoms with Gasteiger partial charge in [-0.25, -0.2) is 18.6 Å². The third-order valence-corrected chi connectivity index (χ3v) is 2.49. The average Bonchev–Trinajstić information content (AvgIpc) is 2.28. The maximum Gasteiger partial charge on any atom is 0.340 e. The number of carbonyl (C=O) groups excluding carboxylic acids is 1. The molecular formula is C10H9Cl2F2NO2. The molecule has 0 aliphatic carbocycles. The average molecular weight is 284 g/mol. The van der Waals surface area contributed by atoms with E-state index in [1.807, 2.05) is 0 Å². The quantitative estimate of drug-likeness (QED) is 0.626. The van der Waals surface area contributed by atoms with Gasteiger partial charge in [-0.1, -0.05) is 11.6 Å². The number of halogens is 4. The zero-order valence-corrected chi connectivity index (χ0v) is 10.4. The van der Waals surface area contributed by atoms with Crippen LogP contribution in [0.3, 0.4) is 0 Å². The van der Waals surface area contributed by atoms with Gasteiger partial charge in [0.05, 0.1) is 28.8 Å². The maximum atomic E-state index is 12.7. The predicted octanol–water partition coefficient (Wildman–Crippen LogP) is 3.59. The highest BCUT2D eigenvalue weighted by Gasteiger charge is 2.23. The summed E-state index contributed by atoms with van der Waals surface area (Å²) in [5, 5.41) is 0.0625. The van der Waals surface area contributed by atoms with Crippen LogP contribution in [0.5, 0.6) is 0 Å². The van der Waals surface area contributed by atoms with Crippen LogP contribution >= 0.6 is 23.2 Å². The molecule has 17 heavy (non-hydrogen) atoms. The number of aromatic nitrogens is 1. The third-order valence-electron chi connectivity index (χ3n) is 1.91. The molecule has 7 heteroatoms. The Bertz CT molecular complexity index is 427. The SMILES string of the molecule is CCOC(=O)c1cc(Cl)c(CCl)nc1C(F)F. The Morgan fingerprint density at radius 2 is 2.24 bits per heavy atom. The van der Waals surface area contributed by atoms with Crippen molar-refractivity contribution < 1.29 is 18.3 Å². The minimum atomic E-state index is -2.89. The third kappa shape index (κ3) is 3.26. The van der Waals surface area contributed by atoms with Gasteiger partial charge < -0.3 is 4.74 Å². The summed E-state index contributed by atoms with van der Waals surface area (Å²) in [5.41, 5.74) is -0.888. The van der Waals surface area contributed by atoms with Crippen LogP contribution in [0.15, 0.2) is 6.07 Å². The molecule has 1 rings (SSSR count). The van der Waals surface area contributed by atoms with Gasteiger partial charge >= 0.3 is 5.97 Å². The summed E-state index contributed by atoms with van der Waals surface area (Å²) in [4.78, 5) is 15.0. The molecule has 0 fully saturated rings. The Morgan fingerprint density at radius 1 is 1.59 bits per heavy atom. The van der Waals surface area contributed by atoms with Crippen LogP contribution in [0.1, 0.15) is 35.1 Å². The van der Waals surface area contributed by atoms with Crippen molar-refractivity contribution in [2.24, 2.45) is 0 Å². The van der Waals surface area contributed by atoms with E-state index in [-0.39, 0.29) is 28.8 Å². The molecule has 0 amide bonds. The van der Waals surface area contributed by atoms with E-state index in [0.717, 1.165) is 6.07 Å². The van der Waals surface area contributed by atoms with Gasteiger partial charge in [-0.15, -0.1) is 11.6 Å². The van der Waals surface area contributed by atoms with Crippen molar-refractivity contribution >= 4 is 29.2 Å². The van der Waals surface area contributed by atoms with E-state index >= 15 is 0 Å². The summed E-state index contributed by atoms with van der Waals surface area (Å²) < 4.78 is 30.1. The van der Waals surface area contributed by atoms with Gasteiger partial charge in [-0.2, -0.15) is 0 Å². The van der Waals surface area contributed by atoms with Gasteiger partial charge in [0.1, 0.15) is 5.69 Å². The summed E-state index contributed by atoms with van der Waals surface area (Å²) in [6.07, 6.45) is -2.89. The summed E-state index contributed by atoms with van der Waals surface area (Å²) >= 11 is 11.2. The van der Waals surface area contributed by atoms with Gasteiger partial charge in [0.15, 0.2) is 0 Å². The summed E-state index contributed by atoms with van der Waals surface area (Å²) in [6.45, 7) is 1.65. The molecule has 0 radical (unpaired) electrons. The van der Waals surface area contributed by atoms with Gasteiger partial charge in [-0.05, 0) is 13.0 Å². The fraction of sp³-hybridized carbons (Fsp3) is 0.400. The number of hydrogen-bond acceptors (Lipinski definition) is 3. The van der Waals surface area contributed by atoms with E-state index in [4.69, 9.17) is 23.2 Å². The molecule has 0 N–H and O–H groups in total. The number of carbonyl (C=O) groups is 1. The number of hydrogen-bond donors (Lipinski definition) is 0. The second-order valence-electron chi connectivity index (χ2n) is 3.00. The van der Waals surface area contributed by atoms with E-state index in [1.54, 1.807) is 6.92 Å². The Morgan fingerprint density at radius 3 is 2.71 bits per heavy atom. The van der Waals surface area contributed by atoms with Crippen molar-refractivity contribution in [2.75, 3.05) is 6.61 Å². The van der Waals surface area contributed by atoms with Crippen LogP contribution in [0.4, 0.5) is 8.78 Å². The van der Waals surface area contributed by atoms with E-state index in [2.05, 4.69) is 9.72 Å². The first kappa shape index (κ1) is 14.1. The molecule has 1 heterocycles. The first-order valence-electron chi connectivity index (χ1n) is 4.71. The van der Waals surface area contributed by atoms with Crippen molar-refractivity contribution in [3.05, 3.63) is 28.0 Å². The molecular weight excluding hydrogens is 275 g/mol. The predicted molar refractivity (Wildman–Crippen MR) is 59.7 cm³/mol. The van der Waals surface area contributed by atoms with Gasteiger partial charge in [-0.3, -0.25) is 0 Å². The Balaban J connectivity index is 3.27. The molecule has 1 aromatic heterocycles. The minimum absolute atomic E-state index is 0.0625. The highest BCUT2D eigenvalue weighted by molar-refractivity contribution is 6.32. The van der Waals surface area contributed by atoms with Crippen LogP contribution in [0.2, 0.25) is 5.02 Å². The first-order valence-corrected chi connectivity index (χ1v) is 5.63. The van der Waals surface area contributed by atoms with Gasteiger partial charge in [0.2, 0.25) is 0 Å². The van der Waals surface area contributed by atoms with Crippen molar-refractivity contribution in [3.8, 4) is 0 Å². The number of ether oxygens (including phenoxy) is 1. The normalized spacial score (nSPS) is 10.7. The van der Waals surface area contributed by atoms with Crippen LogP contribution in [-0.2, 0) is 10.6 Å². The lowest BCUT2D eigenvalue weighted by Gasteiger charge is -2.10. The summed E-state index contributed by atoms with van der Waals surface area (Å²) in [7, 11) is 0. The zero-order chi connectivity index (χ0) is 13.0. The number of rotatable bonds is 4. The molecule has 0 bridgehead atoms. The van der Waals surface area contributed by atoms with Crippen LogP contribution in [0, 0.1) is 0 Å². The highest BCUT2D eigenvalue weighted by Crippen LogP contribution is 2.27. The number of esters is 1. The number of alkyl halides is 3. The van der Waals surface area contributed by atoms with Crippen LogP contribution < -0.4 is 0 Å². The first-order chi connectivity index (χ1) is 8.01. The smallest absolute Gasteiger partial charge is 0.340 e. The summed E-state index contributed by atoms with van der Waals surface area (Å²) in [6, 6.07) is 1.10. The lowest BCUT2D eigenvalue weighted by Crippen LogP contribution is -2.11. The topological polar surface area (TPSA) is 39.2 Å². The molecule has 0 unspecified atom stereocenters. The van der Waals surface area contributed by atoms with Crippen molar-refractivity contribution in [1.29, 1.82) is 0 Å². The maximum absolute atomic E-state index is 12.7. The van der Waals surface area contributed by atoms with Crippen molar-refractivity contribution in [3.63, 3.8) is 0 Å². The van der Waals surface area contributed by atoms with E-state index in [9.17, 15) is 13.6 Å². The zero-order valence-electron chi connectivity index (χ0n) is 8.84. The highest BCUT2D eigenvalue weighted by atomic mass is 35.5. The van der Waals surface area contributed by atoms with Crippen LogP contribution in [0.25, 0.3) is 0 Å². The molecule has 0 aliphatic heterocycles. The lowest BCUT2D eigenvalue weighted by atomic mass is 10.1. The standard InChI is InChI=1S/C10H9Cl2F2NO2/c1-2-17-10(16)5-3-6(12)7(4-11)15-8(5)9(13)14/h3,9H,2,4H2,1H3. The molecule has 0 spiro atoms. The molecule has 94 valence electrons. The van der Waals surface area contributed by atoms with Gasteiger partial charge in [0, 0.05) is 0 Å². The molecule has 0 atom stereocenters. The van der Waals surface area contributed by atoms with Crippen LogP contribution in [-0.4, -0.2) is 17.6 Å². The number of nitrogens with zero attached hydrogens (tertiary/aromatic N) is 1. The second kappa shape index (κ2) is 6.12. The van der Waals surface area contributed by atoms with E-state index in [0.29, 0.717) is 0 Å². The molecule has 0 aromatic carbocycles. The minimum Gasteiger partial charge on any atom is -0.462 e. The molecule has 0 saturated carbocycles. The van der Waals surface area contributed by atoms with E-state index in [1.165, 1.54) is 0 Å². The molecule has 3 nitrogen and oxygen atoms in total. The monoisotopic (exact) mass is 283 g/mol. The second-order valence-corrected chi connectivity index (χ2v) is 3.68. The molecule has 1 aromatic rings. The largest absolute Gasteiger partial charge is 0.462 e. The van der Waals surface area contributed by atoms with Gasteiger partial charge in [0.25, 0.3) is 6.43 Å². The Kier molecular flexibility index (Phi) is 5.08. The Hall–Kier alpha value is -0.940. The lowest BCUT2D eigenvalue weighted by molar-refractivity contribution is 0.0513. The van der Waals surface area contributed by atoms with Crippen molar-refractivity contribution in [2.45, 2.75) is 19.2 Å². The fourth-order valence-electron chi connectivity index (χ4n) is 1.18. The van der Waals surface area contributed by atoms with E-state index < -0.39 is 18.1 Å².